The molecule has 1 N–H and O–H groups in total. The fraction of sp³-hybridized carbons (Fsp3) is 0.700. The van der Waals surface area contributed by atoms with Crippen LogP contribution in [0.2, 0.25) is 0 Å². The van der Waals surface area contributed by atoms with Crippen molar-refractivity contribution in [3.8, 4) is 0 Å². The zero-order chi connectivity index (χ0) is 9.97. The van der Waals surface area contributed by atoms with Crippen molar-refractivity contribution < 1.29 is 0 Å². The van der Waals surface area contributed by atoms with E-state index in [-0.39, 0.29) is 5.69 Å². The number of hydrogen-bond acceptors (Lipinski definition) is 2. The second-order valence-corrected chi connectivity index (χ2v) is 4.06. The van der Waals surface area contributed by atoms with E-state index in [1.54, 1.807) is 16.2 Å². The number of nitrogens with zero attached hydrogens (tertiary/aromatic N) is 2. The largest absolute Gasteiger partial charge is 0.327 e. The lowest BCUT2D eigenvalue weighted by Crippen LogP contribution is -2.34. The number of imidazole rings is 1. The third kappa shape index (κ3) is 1.90. The molecule has 14 heavy (non-hydrogen) atoms. The van der Waals surface area contributed by atoms with Crippen LogP contribution >= 0.6 is 0 Å². The Morgan fingerprint density at radius 2 is 2.43 bits per heavy atom. The molecule has 0 radical (unpaired) electrons. The Hall–Kier alpha value is -1.03. The van der Waals surface area contributed by atoms with Crippen LogP contribution < -0.4 is 11.0 Å². The molecular formula is C10H17N3O. The van der Waals surface area contributed by atoms with Gasteiger partial charge >= 0.3 is 5.69 Å². The zero-order valence-electron chi connectivity index (χ0n) is 8.57. The predicted molar refractivity (Wildman–Crippen MR) is 55.3 cm³/mol. The Balaban J connectivity index is 2.02. The minimum absolute atomic E-state index is 0.0931. The molecule has 1 fully saturated rings. The Labute approximate surface area is 83.5 Å². The first-order valence-corrected chi connectivity index (χ1v) is 5.20. The highest BCUT2D eigenvalue weighted by Gasteiger charge is 2.14. The summed E-state index contributed by atoms with van der Waals surface area (Å²) in [7, 11) is 1.79. The van der Waals surface area contributed by atoms with Gasteiger partial charge in [0.1, 0.15) is 0 Å². The van der Waals surface area contributed by atoms with Crippen molar-refractivity contribution in [2.45, 2.75) is 19.4 Å². The molecule has 1 aromatic heterocycles. The quantitative estimate of drug-likeness (QED) is 0.731. The smallest absolute Gasteiger partial charge is 0.316 e. The summed E-state index contributed by atoms with van der Waals surface area (Å²) in [5, 5.41) is 3.36. The zero-order valence-corrected chi connectivity index (χ0v) is 8.57. The first-order valence-electron chi connectivity index (χ1n) is 5.20. The molecule has 2 heterocycles. The summed E-state index contributed by atoms with van der Waals surface area (Å²) >= 11 is 0. The van der Waals surface area contributed by atoms with Crippen molar-refractivity contribution >= 4 is 0 Å². The number of piperidine rings is 1. The summed E-state index contributed by atoms with van der Waals surface area (Å²) in [6, 6.07) is 0. The molecule has 2 rings (SSSR count). The molecule has 1 atom stereocenters. The highest BCUT2D eigenvalue weighted by atomic mass is 16.1. The van der Waals surface area contributed by atoms with E-state index in [1.807, 2.05) is 12.4 Å². The average molecular weight is 195 g/mol. The van der Waals surface area contributed by atoms with Crippen LogP contribution in [0.3, 0.4) is 0 Å². The topological polar surface area (TPSA) is 39.0 Å². The van der Waals surface area contributed by atoms with Crippen molar-refractivity contribution in [3.05, 3.63) is 22.9 Å². The lowest BCUT2D eigenvalue weighted by Gasteiger charge is -2.22. The summed E-state index contributed by atoms with van der Waals surface area (Å²) < 4.78 is 3.42. The predicted octanol–water partition coefficient (Wildman–Crippen LogP) is 0.186. The molecule has 0 amide bonds. The summed E-state index contributed by atoms with van der Waals surface area (Å²) in [4.78, 5) is 11.5. The molecule has 4 nitrogen and oxygen atoms in total. The molecule has 1 saturated heterocycles. The van der Waals surface area contributed by atoms with Crippen LogP contribution in [-0.4, -0.2) is 22.2 Å². The highest BCUT2D eigenvalue weighted by molar-refractivity contribution is 4.81. The minimum Gasteiger partial charge on any atom is -0.316 e. The SMILES string of the molecule is Cn1ccn(CC2CCCNC2)c1=O. The second-order valence-electron chi connectivity index (χ2n) is 4.06. The van der Waals surface area contributed by atoms with Gasteiger partial charge in [0.15, 0.2) is 0 Å². The van der Waals surface area contributed by atoms with Gasteiger partial charge in [-0.1, -0.05) is 0 Å². The first-order chi connectivity index (χ1) is 6.77. The van der Waals surface area contributed by atoms with Gasteiger partial charge in [-0.25, -0.2) is 4.79 Å². The van der Waals surface area contributed by atoms with Crippen LogP contribution in [0.15, 0.2) is 17.2 Å². The van der Waals surface area contributed by atoms with Crippen LogP contribution in [0, 0.1) is 5.92 Å². The fourth-order valence-corrected chi connectivity index (χ4v) is 2.01. The molecule has 1 aliphatic rings. The van der Waals surface area contributed by atoms with Gasteiger partial charge in [0.25, 0.3) is 0 Å². The van der Waals surface area contributed by atoms with Gasteiger partial charge < -0.3 is 9.88 Å². The van der Waals surface area contributed by atoms with Gasteiger partial charge in [0.05, 0.1) is 0 Å². The molecule has 78 valence electrons. The number of aromatic nitrogens is 2. The van der Waals surface area contributed by atoms with Crippen molar-refractivity contribution in [1.82, 2.24) is 14.5 Å². The average Bonchev–Trinajstić information content (AvgIpc) is 2.52. The number of aryl methyl sites for hydroxylation is 1. The molecule has 0 aromatic carbocycles. The molecule has 0 bridgehead atoms. The van der Waals surface area contributed by atoms with Crippen molar-refractivity contribution in [2.24, 2.45) is 13.0 Å². The van der Waals surface area contributed by atoms with Crippen LogP contribution in [0.1, 0.15) is 12.8 Å². The van der Waals surface area contributed by atoms with Crippen molar-refractivity contribution in [3.63, 3.8) is 0 Å². The normalized spacial score (nSPS) is 22.5. The first kappa shape index (κ1) is 9.52. The van der Waals surface area contributed by atoms with Crippen LogP contribution in [0.4, 0.5) is 0 Å². The summed E-state index contributed by atoms with van der Waals surface area (Å²) in [6.07, 6.45) is 6.15. The van der Waals surface area contributed by atoms with Gasteiger partial charge in [-0.2, -0.15) is 0 Å². The summed E-state index contributed by atoms with van der Waals surface area (Å²) in [5.74, 6) is 0.615. The molecule has 0 spiro atoms. The van der Waals surface area contributed by atoms with Gasteiger partial charge in [0, 0.05) is 26.0 Å². The molecule has 0 aliphatic carbocycles. The molecule has 1 unspecified atom stereocenters. The number of rotatable bonds is 2. The molecular weight excluding hydrogens is 178 g/mol. The highest BCUT2D eigenvalue weighted by Crippen LogP contribution is 2.11. The Morgan fingerprint density at radius 1 is 1.57 bits per heavy atom. The fourth-order valence-electron chi connectivity index (χ4n) is 2.01. The van der Waals surface area contributed by atoms with Crippen molar-refractivity contribution in [1.29, 1.82) is 0 Å². The van der Waals surface area contributed by atoms with Gasteiger partial charge in [-0.3, -0.25) is 4.57 Å². The van der Waals surface area contributed by atoms with Crippen LogP contribution in [0.25, 0.3) is 0 Å². The van der Waals surface area contributed by atoms with E-state index in [2.05, 4.69) is 5.32 Å². The Morgan fingerprint density at radius 3 is 3.00 bits per heavy atom. The minimum atomic E-state index is 0.0931. The van der Waals surface area contributed by atoms with E-state index in [9.17, 15) is 4.79 Å². The summed E-state index contributed by atoms with van der Waals surface area (Å²) in [5.41, 5.74) is 0.0931. The van der Waals surface area contributed by atoms with Gasteiger partial charge in [-0.05, 0) is 31.8 Å². The number of nitrogens with one attached hydrogen (secondary N) is 1. The van der Waals surface area contributed by atoms with E-state index >= 15 is 0 Å². The third-order valence-corrected chi connectivity index (χ3v) is 2.87. The van der Waals surface area contributed by atoms with E-state index in [4.69, 9.17) is 0 Å². The maximum atomic E-state index is 11.5. The van der Waals surface area contributed by atoms with Gasteiger partial charge in [-0.15, -0.1) is 0 Å². The summed E-state index contributed by atoms with van der Waals surface area (Å²) in [6.45, 7) is 3.02. The maximum Gasteiger partial charge on any atom is 0.327 e. The monoisotopic (exact) mass is 195 g/mol. The van der Waals surface area contributed by atoms with Crippen molar-refractivity contribution in [2.75, 3.05) is 13.1 Å². The van der Waals surface area contributed by atoms with E-state index < -0.39 is 0 Å². The van der Waals surface area contributed by atoms with Crippen LogP contribution in [-0.2, 0) is 13.6 Å². The van der Waals surface area contributed by atoms with Crippen LogP contribution in [0.5, 0.6) is 0 Å². The lowest BCUT2D eigenvalue weighted by atomic mass is 10.00. The number of hydrogen-bond donors (Lipinski definition) is 1. The molecule has 4 heteroatoms. The lowest BCUT2D eigenvalue weighted by molar-refractivity contribution is 0.333. The van der Waals surface area contributed by atoms with E-state index in [0.717, 1.165) is 19.6 Å². The standard InChI is InChI=1S/C10H17N3O/c1-12-5-6-13(10(12)14)8-9-3-2-4-11-7-9/h5-6,9,11H,2-4,7-8H2,1H3. The molecule has 1 aromatic rings. The third-order valence-electron chi connectivity index (χ3n) is 2.87. The van der Waals surface area contributed by atoms with E-state index in [1.165, 1.54) is 12.8 Å². The van der Waals surface area contributed by atoms with Gasteiger partial charge in [0.2, 0.25) is 0 Å². The molecule has 0 saturated carbocycles. The molecule has 1 aliphatic heterocycles. The maximum absolute atomic E-state index is 11.5. The Bertz CT molecular complexity index is 346. The second kappa shape index (κ2) is 4.00. The Kier molecular flexibility index (Phi) is 2.72. The van der Waals surface area contributed by atoms with E-state index in [0.29, 0.717) is 5.92 Å².